The zero-order valence-corrected chi connectivity index (χ0v) is 12.8. The van der Waals surface area contributed by atoms with E-state index in [1.165, 1.54) is 63.0 Å². The van der Waals surface area contributed by atoms with Crippen molar-refractivity contribution in [1.82, 2.24) is 10.6 Å². The van der Waals surface area contributed by atoms with Crippen LogP contribution in [0.1, 0.15) is 64.2 Å². The molecule has 0 amide bonds. The molecule has 4 nitrogen and oxygen atoms in total. The first-order chi connectivity index (χ1) is 9.95. The second-order valence-electron chi connectivity index (χ2n) is 5.84. The van der Waals surface area contributed by atoms with Gasteiger partial charge in [0.2, 0.25) is 0 Å². The molecule has 0 atom stereocenters. The average molecular weight is 278 g/mol. The second kappa shape index (κ2) is 9.78. The first kappa shape index (κ1) is 15.3. The Kier molecular flexibility index (Phi) is 7.50. The van der Waals surface area contributed by atoms with Gasteiger partial charge >= 0.3 is 0 Å². The van der Waals surface area contributed by atoms with Crippen molar-refractivity contribution in [3.05, 3.63) is 0 Å². The smallest absolute Gasteiger partial charge is 0.0964 e. The van der Waals surface area contributed by atoms with Gasteiger partial charge in [-0.05, 0) is 12.8 Å². The summed E-state index contributed by atoms with van der Waals surface area (Å²) in [4.78, 5) is 8.85. The fourth-order valence-corrected chi connectivity index (χ4v) is 2.87. The molecule has 0 aromatic rings. The van der Waals surface area contributed by atoms with Gasteiger partial charge in [0, 0.05) is 25.9 Å². The maximum atomic E-state index is 4.43. The van der Waals surface area contributed by atoms with E-state index in [-0.39, 0.29) is 0 Å². The SMILES string of the molecule is C(CCCCCC1=NCCN1)CCCCC1=NCCN1. The van der Waals surface area contributed by atoms with Crippen molar-refractivity contribution in [2.45, 2.75) is 64.2 Å². The Morgan fingerprint density at radius 2 is 1.00 bits per heavy atom. The molecule has 20 heavy (non-hydrogen) atoms. The highest BCUT2D eigenvalue weighted by Gasteiger charge is 2.04. The van der Waals surface area contributed by atoms with Gasteiger partial charge in [-0.2, -0.15) is 0 Å². The molecular weight excluding hydrogens is 248 g/mol. The van der Waals surface area contributed by atoms with Crippen LogP contribution in [0.25, 0.3) is 0 Å². The molecule has 0 spiro atoms. The van der Waals surface area contributed by atoms with E-state index < -0.39 is 0 Å². The Hall–Kier alpha value is -1.06. The van der Waals surface area contributed by atoms with Gasteiger partial charge in [-0.15, -0.1) is 0 Å². The number of nitrogens with zero attached hydrogens (tertiary/aromatic N) is 2. The van der Waals surface area contributed by atoms with Crippen LogP contribution < -0.4 is 10.6 Å². The number of amidine groups is 2. The molecule has 0 unspecified atom stereocenters. The summed E-state index contributed by atoms with van der Waals surface area (Å²) < 4.78 is 0. The Labute approximate surface area is 123 Å². The van der Waals surface area contributed by atoms with Crippen molar-refractivity contribution in [3.8, 4) is 0 Å². The van der Waals surface area contributed by atoms with E-state index in [4.69, 9.17) is 0 Å². The Balaban J connectivity index is 1.30. The lowest BCUT2D eigenvalue weighted by molar-refractivity contribution is 0.574. The van der Waals surface area contributed by atoms with Crippen molar-refractivity contribution in [3.63, 3.8) is 0 Å². The predicted octanol–water partition coefficient (Wildman–Crippen LogP) is 2.89. The summed E-state index contributed by atoms with van der Waals surface area (Å²) in [6, 6.07) is 0. The zero-order valence-electron chi connectivity index (χ0n) is 12.8. The van der Waals surface area contributed by atoms with Gasteiger partial charge in [0.1, 0.15) is 0 Å². The highest BCUT2D eigenvalue weighted by Crippen LogP contribution is 2.11. The van der Waals surface area contributed by atoms with Crippen LogP contribution >= 0.6 is 0 Å². The van der Waals surface area contributed by atoms with Crippen LogP contribution in [0, 0.1) is 0 Å². The van der Waals surface area contributed by atoms with E-state index in [0.717, 1.165) is 39.0 Å². The quantitative estimate of drug-likeness (QED) is 0.571. The molecule has 0 radical (unpaired) electrons. The lowest BCUT2D eigenvalue weighted by Crippen LogP contribution is -2.17. The number of hydrogen-bond acceptors (Lipinski definition) is 4. The van der Waals surface area contributed by atoms with Gasteiger partial charge in [0.25, 0.3) is 0 Å². The average Bonchev–Trinajstić information content (AvgIpc) is 3.14. The van der Waals surface area contributed by atoms with Crippen LogP contribution in [0.15, 0.2) is 9.98 Å². The van der Waals surface area contributed by atoms with Crippen LogP contribution in [0.4, 0.5) is 0 Å². The third-order valence-corrected chi connectivity index (χ3v) is 4.06. The molecule has 0 saturated carbocycles. The normalized spacial score (nSPS) is 17.6. The number of nitrogens with one attached hydrogen (secondary N) is 2. The van der Waals surface area contributed by atoms with E-state index in [1.807, 2.05) is 0 Å². The van der Waals surface area contributed by atoms with Crippen LogP contribution in [-0.2, 0) is 0 Å². The Morgan fingerprint density at radius 3 is 1.35 bits per heavy atom. The molecule has 0 bridgehead atoms. The van der Waals surface area contributed by atoms with Gasteiger partial charge < -0.3 is 10.6 Å². The first-order valence-electron chi connectivity index (χ1n) is 8.49. The summed E-state index contributed by atoms with van der Waals surface area (Å²) in [6.45, 7) is 4.07. The fourth-order valence-electron chi connectivity index (χ4n) is 2.87. The molecule has 0 saturated heterocycles. The van der Waals surface area contributed by atoms with Crippen LogP contribution in [0.2, 0.25) is 0 Å². The molecule has 0 aromatic carbocycles. The summed E-state index contributed by atoms with van der Waals surface area (Å²) >= 11 is 0. The largest absolute Gasteiger partial charge is 0.372 e. The molecule has 0 aromatic heterocycles. The summed E-state index contributed by atoms with van der Waals surface area (Å²) in [5.41, 5.74) is 0. The van der Waals surface area contributed by atoms with Crippen molar-refractivity contribution in [2.24, 2.45) is 9.98 Å². The van der Waals surface area contributed by atoms with E-state index in [2.05, 4.69) is 20.6 Å². The van der Waals surface area contributed by atoms with Crippen LogP contribution in [0.5, 0.6) is 0 Å². The third kappa shape index (κ3) is 6.40. The standard InChI is InChI=1S/C16H30N4/c1(3-5-7-9-15-17-11-12-18-15)2-4-6-8-10-16-19-13-14-20-16/h1-14H2,(H,17,18)(H,19,20). The van der Waals surface area contributed by atoms with Gasteiger partial charge in [-0.3, -0.25) is 9.98 Å². The number of unbranched alkanes of at least 4 members (excludes halogenated alkanes) is 7. The highest BCUT2D eigenvalue weighted by atomic mass is 15.1. The van der Waals surface area contributed by atoms with E-state index in [0.29, 0.717) is 0 Å². The second-order valence-corrected chi connectivity index (χ2v) is 5.84. The molecule has 2 aliphatic rings. The lowest BCUT2D eigenvalue weighted by Gasteiger charge is -2.04. The van der Waals surface area contributed by atoms with Gasteiger partial charge in [0.05, 0.1) is 24.8 Å². The van der Waals surface area contributed by atoms with Gasteiger partial charge in [-0.1, -0.05) is 38.5 Å². The molecule has 0 fully saturated rings. The molecule has 2 N–H and O–H groups in total. The minimum atomic E-state index is 0.983. The minimum Gasteiger partial charge on any atom is -0.372 e. The van der Waals surface area contributed by atoms with Crippen LogP contribution in [-0.4, -0.2) is 37.9 Å². The maximum absolute atomic E-state index is 4.43. The van der Waals surface area contributed by atoms with E-state index >= 15 is 0 Å². The molecule has 0 aliphatic carbocycles. The van der Waals surface area contributed by atoms with Crippen molar-refractivity contribution in [1.29, 1.82) is 0 Å². The number of aliphatic imine (C=N–C) groups is 2. The topological polar surface area (TPSA) is 48.8 Å². The fraction of sp³-hybridized carbons (Fsp3) is 0.875. The number of rotatable bonds is 11. The maximum Gasteiger partial charge on any atom is 0.0964 e. The summed E-state index contributed by atoms with van der Waals surface area (Å²) in [5, 5.41) is 6.68. The van der Waals surface area contributed by atoms with Crippen molar-refractivity contribution >= 4 is 11.7 Å². The first-order valence-corrected chi connectivity index (χ1v) is 8.49. The van der Waals surface area contributed by atoms with Gasteiger partial charge in [0.15, 0.2) is 0 Å². The number of hydrogen-bond donors (Lipinski definition) is 2. The molecule has 2 heterocycles. The van der Waals surface area contributed by atoms with Crippen LogP contribution in [0.3, 0.4) is 0 Å². The Bertz CT molecular complexity index is 290. The summed E-state index contributed by atoms with van der Waals surface area (Å²) in [6.07, 6.45) is 13.2. The van der Waals surface area contributed by atoms with E-state index in [1.54, 1.807) is 0 Å². The molecule has 2 aliphatic heterocycles. The monoisotopic (exact) mass is 278 g/mol. The zero-order chi connectivity index (χ0) is 13.9. The molecule has 4 heteroatoms. The highest BCUT2D eigenvalue weighted by molar-refractivity contribution is 5.83. The third-order valence-electron chi connectivity index (χ3n) is 4.06. The van der Waals surface area contributed by atoms with Gasteiger partial charge in [-0.25, -0.2) is 0 Å². The predicted molar refractivity (Wildman–Crippen MR) is 86.8 cm³/mol. The van der Waals surface area contributed by atoms with E-state index in [9.17, 15) is 0 Å². The molecule has 114 valence electrons. The van der Waals surface area contributed by atoms with Crippen molar-refractivity contribution < 1.29 is 0 Å². The molecular formula is C16H30N4. The Morgan fingerprint density at radius 1 is 0.600 bits per heavy atom. The molecule has 2 rings (SSSR count). The van der Waals surface area contributed by atoms with Crippen molar-refractivity contribution in [2.75, 3.05) is 26.2 Å². The lowest BCUT2D eigenvalue weighted by atomic mass is 10.1. The summed E-state index contributed by atoms with van der Waals surface area (Å²) in [7, 11) is 0. The summed E-state index contributed by atoms with van der Waals surface area (Å²) in [5.74, 6) is 2.49. The minimum absolute atomic E-state index is 0.983.